The van der Waals surface area contributed by atoms with Crippen LogP contribution in [0.2, 0.25) is 5.02 Å². The van der Waals surface area contributed by atoms with E-state index in [-0.39, 0.29) is 17.8 Å². The Kier molecular flexibility index (Phi) is 10.1. The van der Waals surface area contributed by atoms with Gasteiger partial charge in [-0.3, -0.25) is 9.59 Å². The van der Waals surface area contributed by atoms with Crippen LogP contribution in [0.3, 0.4) is 0 Å². The number of amides is 4. The normalized spacial score (nSPS) is 14.3. The summed E-state index contributed by atoms with van der Waals surface area (Å²) in [4.78, 5) is 42.3. The molecule has 39 heavy (non-hydrogen) atoms. The first-order chi connectivity index (χ1) is 18.8. The van der Waals surface area contributed by atoms with Crippen LogP contribution in [0.15, 0.2) is 59.3 Å². The quantitative estimate of drug-likeness (QED) is 0.242. The lowest BCUT2D eigenvalue weighted by atomic mass is 10.1. The van der Waals surface area contributed by atoms with Crippen molar-refractivity contribution < 1.29 is 14.4 Å². The van der Waals surface area contributed by atoms with E-state index >= 15 is 0 Å². The molecule has 1 unspecified atom stereocenters. The summed E-state index contributed by atoms with van der Waals surface area (Å²) >= 11 is 13.8. The van der Waals surface area contributed by atoms with E-state index in [1.165, 1.54) is 11.3 Å². The first-order valence-corrected chi connectivity index (χ1v) is 14.5. The molecule has 3 N–H and O–H groups in total. The van der Waals surface area contributed by atoms with Gasteiger partial charge in [-0.05, 0) is 60.7 Å². The Morgan fingerprint density at radius 2 is 1.77 bits per heavy atom. The van der Waals surface area contributed by atoms with Gasteiger partial charge in [0.1, 0.15) is 5.50 Å². The average molecular weight is 589 g/mol. The SMILES string of the molecule is CCNC(=O)N1CCCN(c2ccc(C(=O)NC(Cl)Cc3ccc(Cl)cc3)cc2NC(=O)c2ccsc2)CC1. The molecular weight excluding hydrogens is 557 g/mol. The van der Waals surface area contributed by atoms with Crippen molar-refractivity contribution in [1.29, 1.82) is 0 Å². The maximum atomic E-state index is 13.1. The van der Waals surface area contributed by atoms with Crippen LogP contribution in [0.1, 0.15) is 39.6 Å². The zero-order valence-corrected chi connectivity index (χ0v) is 23.9. The number of halogens is 2. The van der Waals surface area contributed by atoms with Crippen LogP contribution >= 0.6 is 34.5 Å². The van der Waals surface area contributed by atoms with Crippen molar-refractivity contribution in [3.8, 4) is 0 Å². The molecule has 0 bridgehead atoms. The van der Waals surface area contributed by atoms with Gasteiger partial charge in [-0.15, -0.1) is 0 Å². The number of rotatable bonds is 8. The Bertz CT molecular complexity index is 1290. The second-order valence-corrected chi connectivity index (χ2v) is 10.9. The standard InChI is InChI=1S/C28H31Cl2N5O3S/c1-2-31-28(38)35-12-3-11-34(13-14-35)24-9-6-20(17-23(24)32-27(37)21-10-15-39-18-21)26(36)33-25(30)16-19-4-7-22(29)8-5-19/h4-10,15,17-18,25H,2-3,11-14,16H2,1H3,(H,31,38)(H,32,37)(H,33,36). The molecule has 1 aromatic heterocycles. The van der Waals surface area contributed by atoms with Gasteiger partial charge in [-0.2, -0.15) is 11.3 Å². The summed E-state index contributed by atoms with van der Waals surface area (Å²) in [5.41, 5.74) is 2.54. The Labute approximate surface area is 242 Å². The minimum absolute atomic E-state index is 0.0772. The summed E-state index contributed by atoms with van der Waals surface area (Å²) in [6, 6.07) is 14.2. The van der Waals surface area contributed by atoms with Crippen LogP contribution < -0.4 is 20.9 Å². The lowest BCUT2D eigenvalue weighted by Crippen LogP contribution is -2.42. The number of nitrogens with zero attached hydrogens (tertiary/aromatic N) is 2. The van der Waals surface area contributed by atoms with E-state index in [9.17, 15) is 14.4 Å². The molecule has 1 saturated heterocycles. The molecule has 0 aliphatic carbocycles. The molecule has 8 nitrogen and oxygen atoms in total. The summed E-state index contributed by atoms with van der Waals surface area (Å²) in [7, 11) is 0. The molecule has 11 heteroatoms. The van der Waals surface area contributed by atoms with Gasteiger partial charge in [0.05, 0.1) is 16.9 Å². The highest BCUT2D eigenvalue weighted by atomic mass is 35.5. The van der Waals surface area contributed by atoms with Gasteiger partial charge in [0.15, 0.2) is 0 Å². The topological polar surface area (TPSA) is 93.8 Å². The minimum atomic E-state index is -0.631. The van der Waals surface area contributed by atoms with Crippen molar-refractivity contribution in [2.24, 2.45) is 0 Å². The number of anilines is 2. The maximum Gasteiger partial charge on any atom is 0.317 e. The molecule has 1 fully saturated rings. The highest BCUT2D eigenvalue weighted by Crippen LogP contribution is 2.29. The molecule has 0 saturated carbocycles. The molecule has 206 valence electrons. The van der Waals surface area contributed by atoms with E-state index in [1.807, 2.05) is 30.5 Å². The molecule has 3 aromatic rings. The maximum absolute atomic E-state index is 13.1. The zero-order valence-electron chi connectivity index (χ0n) is 21.6. The molecule has 1 aliphatic heterocycles. The number of hydrogen-bond donors (Lipinski definition) is 3. The largest absolute Gasteiger partial charge is 0.368 e. The molecule has 0 spiro atoms. The van der Waals surface area contributed by atoms with Crippen molar-refractivity contribution in [3.63, 3.8) is 0 Å². The molecule has 4 amide bonds. The van der Waals surface area contributed by atoms with Crippen molar-refractivity contribution in [2.45, 2.75) is 25.3 Å². The molecule has 2 heterocycles. The van der Waals surface area contributed by atoms with E-state index in [0.717, 1.165) is 17.7 Å². The Morgan fingerprint density at radius 1 is 0.974 bits per heavy atom. The third-order valence-electron chi connectivity index (χ3n) is 6.36. The average Bonchev–Trinajstić information content (AvgIpc) is 3.35. The van der Waals surface area contributed by atoms with E-state index < -0.39 is 5.50 Å². The van der Waals surface area contributed by atoms with E-state index in [2.05, 4.69) is 20.9 Å². The highest BCUT2D eigenvalue weighted by molar-refractivity contribution is 7.08. The van der Waals surface area contributed by atoms with Gasteiger partial charge in [0, 0.05) is 55.1 Å². The zero-order chi connectivity index (χ0) is 27.8. The van der Waals surface area contributed by atoms with Crippen molar-refractivity contribution in [2.75, 3.05) is 42.9 Å². The lowest BCUT2D eigenvalue weighted by molar-refractivity contribution is 0.0947. The lowest BCUT2D eigenvalue weighted by Gasteiger charge is -2.26. The molecule has 4 rings (SSSR count). The fourth-order valence-electron chi connectivity index (χ4n) is 4.37. The van der Waals surface area contributed by atoms with Crippen LogP contribution in [0.4, 0.5) is 16.2 Å². The number of hydrogen-bond acceptors (Lipinski definition) is 5. The molecule has 2 aromatic carbocycles. The van der Waals surface area contributed by atoms with E-state index in [4.69, 9.17) is 23.2 Å². The first kappa shape index (κ1) is 28.7. The fraction of sp³-hybridized carbons (Fsp3) is 0.321. The van der Waals surface area contributed by atoms with Gasteiger partial charge >= 0.3 is 6.03 Å². The molecule has 1 atom stereocenters. The Balaban J connectivity index is 1.52. The summed E-state index contributed by atoms with van der Waals surface area (Å²) < 4.78 is 0. The summed E-state index contributed by atoms with van der Waals surface area (Å²) in [5, 5.41) is 12.9. The van der Waals surface area contributed by atoms with Crippen molar-refractivity contribution in [1.82, 2.24) is 15.5 Å². The van der Waals surface area contributed by atoms with Crippen LogP contribution in [0, 0.1) is 0 Å². The predicted molar refractivity (Wildman–Crippen MR) is 158 cm³/mol. The van der Waals surface area contributed by atoms with Crippen LogP contribution in [0.25, 0.3) is 0 Å². The van der Waals surface area contributed by atoms with Crippen molar-refractivity contribution >= 4 is 63.8 Å². The second kappa shape index (κ2) is 13.7. The first-order valence-electron chi connectivity index (χ1n) is 12.8. The fourth-order valence-corrected chi connectivity index (χ4v) is 5.41. The highest BCUT2D eigenvalue weighted by Gasteiger charge is 2.23. The minimum Gasteiger partial charge on any atom is -0.368 e. The number of thiophene rings is 1. The number of carbonyl (C=O) groups excluding carboxylic acids is 3. The number of benzene rings is 2. The second-order valence-electron chi connectivity index (χ2n) is 9.13. The monoisotopic (exact) mass is 587 g/mol. The van der Waals surface area contributed by atoms with Gasteiger partial charge < -0.3 is 25.8 Å². The Hall–Kier alpha value is -3.27. The number of carbonyl (C=O) groups is 3. The predicted octanol–water partition coefficient (Wildman–Crippen LogP) is 5.43. The Morgan fingerprint density at radius 3 is 2.49 bits per heavy atom. The third kappa shape index (κ3) is 7.88. The molecule has 1 aliphatic rings. The van der Waals surface area contributed by atoms with Crippen molar-refractivity contribution in [3.05, 3.63) is 81.0 Å². The number of alkyl halides is 1. The third-order valence-corrected chi connectivity index (χ3v) is 7.56. The smallest absolute Gasteiger partial charge is 0.317 e. The van der Waals surface area contributed by atoms with Gasteiger partial charge in [0.25, 0.3) is 11.8 Å². The molecule has 0 radical (unpaired) electrons. The van der Waals surface area contributed by atoms with Gasteiger partial charge in [0.2, 0.25) is 0 Å². The summed E-state index contributed by atoms with van der Waals surface area (Å²) in [5.74, 6) is -0.605. The van der Waals surface area contributed by atoms with Crippen LogP contribution in [-0.2, 0) is 6.42 Å². The van der Waals surface area contributed by atoms with Crippen LogP contribution in [0.5, 0.6) is 0 Å². The number of nitrogens with one attached hydrogen (secondary N) is 3. The number of urea groups is 1. The van der Waals surface area contributed by atoms with E-state index in [1.54, 1.807) is 40.6 Å². The van der Waals surface area contributed by atoms with E-state index in [0.29, 0.717) is 61.0 Å². The van der Waals surface area contributed by atoms with Crippen LogP contribution in [-0.4, -0.2) is 61.0 Å². The van der Waals surface area contributed by atoms with Gasteiger partial charge in [-0.1, -0.05) is 35.3 Å². The van der Waals surface area contributed by atoms with Gasteiger partial charge in [-0.25, -0.2) is 4.79 Å². The summed E-state index contributed by atoms with van der Waals surface area (Å²) in [6.45, 7) is 4.95. The summed E-state index contributed by atoms with van der Waals surface area (Å²) in [6.07, 6.45) is 1.20. The molecular formula is C28H31Cl2N5O3S.